The van der Waals surface area contributed by atoms with E-state index in [4.69, 9.17) is 11.6 Å². The molecule has 0 saturated heterocycles. The Hall–Kier alpha value is -1.67. The van der Waals surface area contributed by atoms with Crippen LogP contribution in [0.25, 0.3) is 0 Å². The Bertz CT molecular complexity index is 593. The lowest BCUT2D eigenvalue weighted by Gasteiger charge is -2.05. The van der Waals surface area contributed by atoms with Crippen LogP contribution in [-0.4, -0.2) is 5.78 Å². The molecule has 0 aliphatic heterocycles. The van der Waals surface area contributed by atoms with Gasteiger partial charge in [0.05, 0.1) is 0 Å². The lowest BCUT2D eigenvalue weighted by Crippen LogP contribution is -2.05. The molecule has 0 fully saturated rings. The van der Waals surface area contributed by atoms with E-state index < -0.39 is 0 Å². The van der Waals surface area contributed by atoms with Crippen LogP contribution < -0.4 is 0 Å². The fraction of sp³-hybridized carbons (Fsp3) is 0.133. The highest BCUT2D eigenvalue weighted by molar-refractivity contribution is 6.31. The van der Waals surface area contributed by atoms with Crippen molar-refractivity contribution in [3.8, 4) is 0 Å². The van der Waals surface area contributed by atoms with Gasteiger partial charge >= 0.3 is 0 Å². The van der Waals surface area contributed by atoms with Crippen molar-refractivity contribution in [2.24, 2.45) is 0 Å². The maximum Gasteiger partial charge on any atom is 0.167 e. The van der Waals surface area contributed by atoms with Gasteiger partial charge in [-0.1, -0.05) is 29.8 Å². The molecule has 2 rings (SSSR count). The van der Waals surface area contributed by atoms with Gasteiger partial charge in [-0.3, -0.25) is 4.79 Å². The van der Waals surface area contributed by atoms with Crippen molar-refractivity contribution in [2.75, 3.05) is 0 Å². The summed E-state index contributed by atoms with van der Waals surface area (Å²) in [6.07, 6.45) is 0.184. The first-order chi connectivity index (χ1) is 8.56. The van der Waals surface area contributed by atoms with Crippen molar-refractivity contribution < 1.29 is 9.18 Å². The minimum atomic E-state index is -0.325. The molecule has 92 valence electrons. The minimum Gasteiger partial charge on any atom is -0.294 e. The Labute approximate surface area is 110 Å². The summed E-state index contributed by atoms with van der Waals surface area (Å²) in [5.74, 6) is -0.388. The molecule has 0 unspecified atom stereocenters. The molecular formula is C15H12ClFO. The van der Waals surface area contributed by atoms with Gasteiger partial charge in [-0.2, -0.15) is 0 Å². The SMILES string of the molecule is Cc1ccc(F)cc1CC(=O)c1cccc(Cl)c1. The maximum atomic E-state index is 13.1. The molecule has 2 aromatic carbocycles. The van der Waals surface area contributed by atoms with Crippen LogP contribution in [-0.2, 0) is 6.42 Å². The summed E-state index contributed by atoms with van der Waals surface area (Å²) < 4.78 is 13.1. The number of ketones is 1. The van der Waals surface area contributed by atoms with E-state index in [0.717, 1.165) is 5.56 Å². The lowest BCUT2D eigenvalue weighted by atomic mass is 9.99. The van der Waals surface area contributed by atoms with Crippen LogP contribution in [0, 0.1) is 12.7 Å². The van der Waals surface area contributed by atoms with E-state index in [1.54, 1.807) is 30.3 Å². The van der Waals surface area contributed by atoms with Crippen molar-refractivity contribution in [3.05, 3.63) is 70.0 Å². The van der Waals surface area contributed by atoms with Gasteiger partial charge in [-0.05, 0) is 42.3 Å². The highest BCUT2D eigenvalue weighted by Gasteiger charge is 2.10. The molecule has 3 heteroatoms. The van der Waals surface area contributed by atoms with Crippen LogP contribution in [0.3, 0.4) is 0 Å². The fourth-order valence-electron chi connectivity index (χ4n) is 1.77. The number of hydrogen-bond acceptors (Lipinski definition) is 1. The van der Waals surface area contributed by atoms with E-state index in [-0.39, 0.29) is 18.0 Å². The van der Waals surface area contributed by atoms with Gasteiger partial charge in [-0.15, -0.1) is 0 Å². The third-order valence-corrected chi connectivity index (χ3v) is 3.04. The molecule has 0 saturated carbocycles. The largest absolute Gasteiger partial charge is 0.294 e. The second-order valence-corrected chi connectivity index (χ2v) is 4.62. The smallest absolute Gasteiger partial charge is 0.167 e. The van der Waals surface area contributed by atoms with Gasteiger partial charge in [0.1, 0.15) is 5.82 Å². The summed E-state index contributed by atoms with van der Waals surface area (Å²) in [7, 11) is 0. The van der Waals surface area contributed by atoms with Crippen molar-refractivity contribution in [3.63, 3.8) is 0 Å². The van der Waals surface area contributed by atoms with Crippen molar-refractivity contribution in [2.45, 2.75) is 13.3 Å². The standard InChI is InChI=1S/C15H12ClFO/c1-10-5-6-14(17)8-12(10)9-15(18)11-3-2-4-13(16)7-11/h2-8H,9H2,1H3. The van der Waals surface area contributed by atoms with Crippen molar-refractivity contribution in [1.29, 1.82) is 0 Å². The third-order valence-electron chi connectivity index (χ3n) is 2.81. The lowest BCUT2D eigenvalue weighted by molar-refractivity contribution is 0.0992. The van der Waals surface area contributed by atoms with E-state index >= 15 is 0 Å². The fourth-order valence-corrected chi connectivity index (χ4v) is 1.96. The first-order valence-corrected chi connectivity index (χ1v) is 5.98. The monoisotopic (exact) mass is 262 g/mol. The zero-order valence-corrected chi connectivity index (χ0v) is 10.7. The number of carbonyl (C=O) groups is 1. The molecule has 0 bridgehead atoms. The number of hydrogen-bond donors (Lipinski definition) is 0. The Kier molecular flexibility index (Phi) is 3.78. The number of benzene rings is 2. The van der Waals surface area contributed by atoms with Gasteiger partial charge in [0, 0.05) is 17.0 Å². The molecule has 0 heterocycles. The first-order valence-electron chi connectivity index (χ1n) is 5.60. The van der Waals surface area contributed by atoms with E-state index in [1.165, 1.54) is 12.1 Å². The quantitative estimate of drug-likeness (QED) is 0.757. The van der Waals surface area contributed by atoms with Crippen LogP contribution >= 0.6 is 11.6 Å². The first kappa shape index (κ1) is 12.8. The second kappa shape index (κ2) is 5.32. The van der Waals surface area contributed by atoms with Gasteiger partial charge in [-0.25, -0.2) is 4.39 Å². The molecule has 1 nitrogen and oxygen atoms in total. The van der Waals surface area contributed by atoms with E-state index in [0.29, 0.717) is 16.1 Å². The summed E-state index contributed by atoms with van der Waals surface area (Å²) in [4.78, 5) is 12.0. The predicted octanol–water partition coefficient (Wildman–Crippen LogP) is 4.21. The summed E-state index contributed by atoms with van der Waals surface area (Å²) >= 11 is 5.84. The van der Waals surface area contributed by atoms with E-state index in [1.807, 2.05) is 6.92 Å². The average molecular weight is 263 g/mol. The average Bonchev–Trinajstić information content (AvgIpc) is 2.34. The molecule has 0 amide bonds. The number of aryl methyl sites for hydroxylation is 1. The van der Waals surface area contributed by atoms with E-state index in [2.05, 4.69) is 0 Å². The topological polar surface area (TPSA) is 17.1 Å². The van der Waals surface area contributed by atoms with Crippen molar-refractivity contribution >= 4 is 17.4 Å². The van der Waals surface area contributed by atoms with Crippen LogP contribution in [0.2, 0.25) is 5.02 Å². The molecule has 0 aliphatic rings. The normalized spacial score (nSPS) is 10.4. The van der Waals surface area contributed by atoms with Crippen LogP contribution in [0.1, 0.15) is 21.5 Å². The number of rotatable bonds is 3. The Balaban J connectivity index is 2.24. The summed E-state index contributed by atoms with van der Waals surface area (Å²) in [5.41, 5.74) is 2.16. The number of carbonyl (C=O) groups excluding carboxylic acids is 1. The van der Waals surface area contributed by atoms with Crippen LogP contribution in [0.5, 0.6) is 0 Å². The zero-order valence-electron chi connectivity index (χ0n) is 9.91. The van der Waals surface area contributed by atoms with Crippen LogP contribution in [0.4, 0.5) is 4.39 Å². The Morgan fingerprint density at radius 1 is 1.22 bits per heavy atom. The van der Waals surface area contributed by atoms with Gasteiger partial charge < -0.3 is 0 Å². The Morgan fingerprint density at radius 3 is 2.72 bits per heavy atom. The van der Waals surface area contributed by atoms with Gasteiger partial charge in [0.25, 0.3) is 0 Å². The molecule has 2 aromatic rings. The highest BCUT2D eigenvalue weighted by Crippen LogP contribution is 2.16. The molecule has 0 aromatic heterocycles. The minimum absolute atomic E-state index is 0.0637. The molecule has 0 aliphatic carbocycles. The third kappa shape index (κ3) is 2.96. The molecule has 0 atom stereocenters. The Morgan fingerprint density at radius 2 is 2.00 bits per heavy atom. The molecular weight excluding hydrogens is 251 g/mol. The second-order valence-electron chi connectivity index (χ2n) is 4.18. The maximum absolute atomic E-state index is 13.1. The molecule has 18 heavy (non-hydrogen) atoms. The van der Waals surface area contributed by atoms with E-state index in [9.17, 15) is 9.18 Å². The predicted molar refractivity (Wildman–Crippen MR) is 70.6 cm³/mol. The number of Topliss-reactive ketones (excluding diaryl/α,β-unsaturated/α-hetero) is 1. The summed E-state index contributed by atoms with van der Waals surface area (Å²) in [6, 6.07) is 11.2. The number of halogens is 2. The van der Waals surface area contributed by atoms with Crippen LogP contribution in [0.15, 0.2) is 42.5 Å². The molecule has 0 radical (unpaired) electrons. The summed E-state index contributed by atoms with van der Waals surface area (Å²) in [5, 5.41) is 0.525. The van der Waals surface area contributed by atoms with Crippen molar-refractivity contribution in [1.82, 2.24) is 0 Å². The zero-order chi connectivity index (χ0) is 13.1. The van der Waals surface area contributed by atoms with Gasteiger partial charge in [0.2, 0.25) is 0 Å². The summed E-state index contributed by atoms with van der Waals surface area (Å²) in [6.45, 7) is 1.86. The highest BCUT2D eigenvalue weighted by atomic mass is 35.5. The molecule has 0 spiro atoms. The van der Waals surface area contributed by atoms with Gasteiger partial charge in [0.15, 0.2) is 5.78 Å². The molecule has 0 N–H and O–H groups in total.